The van der Waals surface area contributed by atoms with E-state index in [-0.39, 0.29) is 0 Å². The number of aromatic nitrogens is 4. The summed E-state index contributed by atoms with van der Waals surface area (Å²) in [4.78, 5) is 4.43. The summed E-state index contributed by atoms with van der Waals surface area (Å²) >= 11 is 0. The first-order valence-corrected chi connectivity index (χ1v) is 6.93. The van der Waals surface area contributed by atoms with Crippen molar-refractivity contribution in [2.75, 3.05) is 32.7 Å². The van der Waals surface area contributed by atoms with Crippen molar-refractivity contribution in [1.29, 1.82) is 0 Å². The van der Waals surface area contributed by atoms with E-state index in [2.05, 4.69) is 17.0 Å². The molecule has 7 nitrogen and oxygen atoms in total. The molecule has 0 spiro atoms. The summed E-state index contributed by atoms with van der Waals surface area (Å²) in [6.45, 7) is 4.77. The highest BCUT2D eigenvalue weighted by atomic mass is 16.5. The lowest BCUT2D eigenvalue weighted by Gasteiger charge is -2.07. The van der Waals surface area contributed by atoms with Gasteiger partial charge in [0.25, 0.3) is 0 Å². The minimum atomic E-state index is 0.541. The van der Waals surface area contributed by atoms with Crippen molar-refractivity contribution >= 4 is 17.1 Å². The second-order valence-electron chi connectivity index (χ2n) is 4.68. The van der Waals surface area contributed by atoms with Gasteiger partial charge in [-0.1, -0.05) is 6.92 Å². The molecule has 0 aliphatic rings. The van der Waals surface area contributed by atoms with Crippen molar-refractivity contribution in [2.45, 2.75) is 26.3 Å². The number of nitrogen functional groups attached to an aromatic ring is 1. The van der Waals surface area contributed by atoms with E-state index in [0.29, 0.717) is 25.8 Å². The Morgan fingerprint density at radius 3 is 2.75 bits per heavy atom. The Labute approximate surface area is 118 Å². The Morgan fingerprint density at radius 1 is 1.25 bits per heavy atom. The van der Waals surface area contributed by atoms with Crippen LogP contribution in [0, 0.1) is 0 Å². The molecule has 112 valence electrons. The lowest BCUT2D eigenvalue weighted by atomic mass is 10.3. The Balaban J connectivity index is 2.02. The molecular weight excluding hydrogens is 258 g/mol. The zero-order chi connectivity index (χ0) is 14.5. The number of anilines is 1. The first-order valence-electron chi connectivity index (χ1n) is 6.93. The van der Waals surface area contributed by atoms with Gasteiger partial charge in [-0.2, -0.15) is 5.10 Å². The predicted octanol–water partition coefficient (Wildman–Crippen LogP) is 0.967. The van der Waals surface area contributed by atoms with E-state index in [9.17, 15) is 0 Å². The normalized spacial score (nSPS) is 11.6. The topological polar surface area (TPSA) is 80.1 Å². The van der Waals surface area contributed by atoms with Gasteiger partial charge < -0.3 is 15.2 Å². The van der Waals surface area contributed by atoms with E-state index in [0.717, 1.165) is 36.2 Å². The quantitative estimate of drug-likeness (QED) is 0.729. The second kappa shape index (κ2) is 6.71. The number of methoxy groups -OCH3 is 1. The Kier molecular flexibility index (Phi) is 4.97. The fourth-order valence-electron chi connectivity index (χ4n) is 2.29. The molecule has 0 amide bonds. The summed E-state index contributed by atoms with van der Waals surface area (Å²) in [6.07, 6.45) is 1.74. The highest BCUT2D eigenvalue weighted by Gasteiger charge is 2.16. The van der Waals surface area contributed by atoms with Gasteiger partial charge in [-0.25, -0.2) is 4.98 Å². The van der Waals surface area contributed by atoms with Crippen LogP contribution in [-0.2, 0) is 29.5 Å². The molecule has 7 heteroatoms. The van der Waals surface area contributed by atoms with Gasteiger partial charge in [-0.3, -0.25) is 9.25 Å². The standard InChI is InChI=1S/C13H23N5O2/c1-4-10-11-12(17(2)16-10)18(13(14)15-11)6-5-7-20-9-8-19-3/h4-9H2,1-3H3,(H2,14,15). The van der Waals surface area contributed by atoms with Crippen LogP contribution in [-0.4, -0.2) is 46.3 Å². The van der Waals surface area contributed by atoms with Crippen LogP contribution in [0.2, 0.25) is 0 Å². The summed E-state index contributed by atoms with van der Waals surface area (Å²) < 4.78 is 14.2. The van der Waals surface area contributed by atoms with E-state index < -0.39 is 0 Å². The molecule has 2 aromatic heterocycles. The van der Waals surface area contributed by atoms with E-state index in [1.54, 1.807) is 7.11 Å². The number of aryl methyl sites for hydroxylation is 3. The van der Waals surface area contributed by atoms with Crippen LogP contribution < -0.4 is 5.73 Å². The van der Waals surface area contributed by atoms with Crippen LogP contribution in [0.25, 0.3) is 11.2 Å². The molecule has 0 aliphatic carbocycles. The zero-order valence-electron chi connectivity index (χ0n) is 12.4. The van der Waals surface area contributed by atoms with Crippen LogP contribution >= 0.6 is 0 Å². The number of imidazole rings is 1. The van der Waals surface area contributed by atoms with E-state index in [1.807, 2.05) is 16.3 Å². The number of rotatable bonds is 8. The third-order valence-electron chi connectivity index (χ3n) is 3.26. The summed E-state index contributed by atoms with van der Waals surface area (Å²) in [7, 11) is 3.59. The molecule has 0 atom stereocenters. The molecule has 0 unspecified atom stereocenters. The van der Waals surface area contributed by atoms with Crippen molar-refractivity contribution < 1.29 is 9.47 Å². The number of nitrogens with two attached hydrogens (primary N) is 1. The monoisotopic (exact) mass is 281 g/mol. The molecule has 0 saturated heterocycles. The number of ether oxygens (including phenoxy) is 2. The Morgan fingerprint density at radius 2 is 2.05 bits per heavy atom. The maximum atomic E-state index is 6.00. The van der Waals surface area contributed by atoms with Gasteiger partial charge in [0.15, 0.2) is 5.65 Å². The molecule has 0 saturated carbocycles. The first kappa shape index (κ1) is 14.8. The van der Waals surface area contributed by atoms with Crippen molar-refractivity contribution in [3.8, 4) is 0 Å². The summed E-state index contributed by atoms with van der Waals surface area (Å²) in [5, 5.41) is 4.47. The van der Waals surface area contributed by atoms with Crippen LogP contribution in [0.15, 0.2) is 0 Å². The summed E-state index contributed by atoms with van der Waals surface area (Å²) in [6, 6.07) is 0. The Bertz CT molecular complexity index is 561. The van der Waals surface area contributed by atoms with Gasteiger partial charge in [-0.05, 0) is 12.8 Å². The maximum Gasteiger partial charge on any atom is 0.202 e. The molecule has 2 rings (SSSR count). The second-order valence-corrected chi connectivity index (χ2v) is 4.68. The predicted molar refractivity (Wildman–Crippen MR) is 77.6 cm³/mol. The third-order valence-corrected chi connectivity index (χ3v) is 3.26. The molecular formula is C13H23N5O2. The molecule has 0 aliphatic heterocycles. The number of hydrogen-bond acceptors (Lipinski definition) is 5. The summed E-state index contributed by atoms with van der Waals surface area (Å²) in [5.41, 5.74) is 8.89. The molecule has 0 radical (unpaired) electrons. The van der Waals surface area contributed by atoms with E-state index in [4.69, 9.17) is 15.2 Å². The van der Waals surface area contributed by atoms with Crippen LogP contribution in [0.1, 0.15) is 19.0 Å². The highest BCUT2D eigenvalue weighted by molar-refractivity contribution is 5.77. The SMILES string of the molecule is CCc1nn(C)c2c1nc(N)n2CCCOCCOC. The number of nitrogens with zero attached hydrogens (tertiary/aromatic N) is 4. The van der Waals surface area contributed by atoms with Gasteiger partial charge in [0, 0.05) is 27.3 Å². The van der Waals surface area contributed by atoms with Gasteiger partial charge in [0.1, 0.15) is 5.52 Å². The average molecular weight is 281 g/mol. The van der Waals surface area contributed by atoms with Gasteiger partial charge in [0.2, 0.25) is 5.95 Å². The largest absolute Gasteiger partial charge is 0.382 e. The molecule has 0 bridgehead atoms. The molecule has 0 aromatic carbocycles. The fourth-order valence-corrected chi connectivity index (χ4v) is 2.29. The van der Waals surface area contributed by atoms with Crippen molar-refractivity contribution in [2.24, 2.45) is 7.05 Å². The van der Waals surface area contributed by atoms with Gasteiger partial charge in [0.05, 0.1) is 18.9 Å². The number of hydrogen-bond donors (Lipinski definition) is 1. The molecule has 20 heavy (non-hydrogen) atoms. The lowest BCUT2D eigenvalue weighted by molar-refractivity contribution is 0.0681. The smallest absolute Gasteiger partial charge is 0.202 e. The fraction of sp³-hybridized carbons (Fsp3) is 0.692. The Hall–Kier alpha value is -1.60. The minimum Gasteiger partial charge on any atom is -0.382 e. The lowest BCUT2D eigenvalue weighted by Crippen LogP contribution is -2.10. The van der Waals surface area contributed by atoms with E-state index in [1.165, 1.54) is 0 Å². The minimum absolute atomic E-state index is 0.541. The number of fused-ring (bicyclic) bond motifs is 1. The van der Waals surface area contributed by atoms with Crippen molar-refractivity contribution in [3.63, 3.8) is 0 Å². The van der Waals surface area contributed by atoms with Gasteiger partial charge >= 0.3 is 0 Å². The maximum absolute atomic E-state index is 6.00. The van der Waals surface area contributed by atoms with Crippen LogP contribution in [0.4, 0.5) is 5.95 Å². The van der Waals surface area contributed by atoms with Crippen LogP contribution in [0.3, 0.4) is 0 Å². The van der Waals surface area contributed by atoms with Crippen LogP contribution in [0.5, 0.6) is 0 Å². The zero-order valence-corrected chi connectivity index (χ0v) is 12.4. The molecule has 2 heterocycles. The average Bonchev–Trinajstić information content (AvgIpc) is 2.91. The van der Waals surface area contributed by atoms with Gasteiger partial charge in [-0.15, -0.1) is 0 Å². The highest BCUT2D eigenvalue weighted by Crippen LogP contribution is 2.21. The molecule has 0 fully saturated rings. The molecule has 2 N–H and O–H groups in total. The third kappa shape index (κ3) is 2.94. The molecule has 2 aromatic rings. The van der Waals surface area contributed by atoms with Crippen molar-refractivity contribution in [1.82, 2.24) is 19.3 Å². The van der Waals surface area contributed by atoms with E-state index >= 15 is 0 Å². The summed E-state index contributed by atoms with van der Waals surface area (Å²) in [5.74, 6) is 0.541. The first-order chi connectivity index (χ1) is 9.69. The van der Waals surface area contributed by atoms with Crippen molar-refractivity contribution in [3.05, 3.63) is 5.69 Å².